The third-order valence-corrected chi connectivity index (χ3v) is 9.82. The molecule has 4 nitrogen and oxygen atoms in total. The zero-order valence-corrected chi connectivity index (χ0v) is 27.6. The molecule has 10 rings (SSSR count). The molecule has 0 N–H and O–H groups in total. The standard InChI is InChI=1S/C47H30N4/c1-4-14-31(15-5-1)36-24-25-39-41-28-34-20-10-11-21-35(34)29-44(41)51(43(39)30-36)42-27-26-40(37-22-12-13-23-38(37)42)47-49-45(32-16-6-2-7-17-32)48-46(50-47)33-18-8-3-9-19-33/h1-30H. The summed E-state index contributed by atoms with van der Waals surface area (Å²) in [5, 5.41) is 7.10. The maximum atomic E-state index is 5.09. The average Bonchev–Trinajstić information content (AvgIpc) is 3.52. The van der Waals surface area contributed by atoms with Crippen molar-refractivity contribution in [2.75, 3.05) is 0 Å². The largest absolute Gasteiger partial charge is 0.309 e. The summed E-state index contributed by atoms with van der Waals surface area (Å²) in [7, 11) is 0. The lowest BCUT2D eigenvalue weighted by molar-refractivity contribution is 1.08. The number of benzene rings is 8. The SMILES string of the molecule is c1ccc(-c2ccc3c4cc5ccccc5cc4n(-c4ccc(-c5nc(-c6ccccc6)nc(-c6ccccc6)n5)c5ccccc45)c3c2)cc1. The Morgan fingerprint density at radius 2 is 0.843 bits per heavy atom. The first kappa shape index (κ1) is 29.0. The summed E-state index contributed by atoms with van der Waals surface area (Å²) < 4.78 is 2.44. The van der Waals surface area contributed by atoms with Crippen LogP contribution in [-0.4, -0.2) is 19.5 Å². The highest BCUT2D eigenvalue weighted by molar-refractivity contribution is 6.15. The molecule has 0 spiro atoms. The Morgan fingerprint density at radius 3 is 1.51 bits per heavy atom. The molecule has 0 radical (unpaired) electrons. The van der Waals surface area contributed by atoms with Crippen molar-refractivity contribution in [2.45, 2.75) is 0 Å². The summed E-state index contributed by atoms with van der Waals surface area (Å²) >= 11 is 0. The van der Waals surface area contributed by atoms with E-state index < -0.39 is 0 Å². The molecule has 2 aromatic heterocycles. The molecule has 0 fully saturated rings. The van der Waals surface area contributed by atoms with E-state index in [-0.39, 0.29) is 0 Å². The van der Waals surface area contributed by atoms with Gasteiger partial charge in [0.15, 0.2) is 17.5 Å². The molecule has 8 aromatic carbocycles. The van der Waals surface area contributed by atoms with E-state index in [2.05, 4.69) is 126 Å². The van der Waals surface area contributed by atoms with Crippen LogP contribution in [0.4, 0.5) is 0 Å². The minimum atomic E-state index is 0.644. The molecule has 0 amide bonds. The van der Waals surface area contributed by atoms with E-state index in [9.17, 15) is 0 Å². The molecule has 238 valence electrons. The van der Waals surface area contributed by atoms with Gasteiger partial charge in [0, 0.05) is 32.8 Å². The number of rotatable bonds is 5. The van der Waals surface area contributed by atoms with Crippen molar-refractivity contribution in [3.05, 3.63) is 182 Å². The second-order valence-electron chi connectivity index (χ2n) is 12.9. The van der Waals surface area contributed by atoms with Crippen molar-refractivity contribution in [1.82, 2.24) is 19.5 Å². The smallest absolute Gasteiger partial charge is 0.164 e. The lowest BCUT2D eigenvalue weighted by Gasteiger charge is -2.15. The molecule has 51 heavy (non-hydrogen) atoms. The molecule has 0 saturated carbocycles. The Morgan fingerprint density at radius 1 is 0.314 bits per heavy atom. The predicted octanol–water partition coefficient (Wildman–Crippen LogP) is 11.9. The van der Waals surface area contributed by atoms with Crippen molar-refractivity contribution in [3.8, 4) is 51.0 Å². The highest BCUT2D eigenvalue weighted by atomic mass is 15.0. The highest BCUT2D eigenvalue weighted by Gasteiger charge is 2.19. The van der Waals surface area contributed by atoms with Crippen LogP contribution in [0.1, 0.15) is 0 Å². The van der Waals surface area contributed by atoms with Crippen LogP contribution in [0, 0.1) is 0 Å². The van der Waals surface area contributed by atoms with E-state index in [4.69, 9.17) is 15.0 Å². The number of nitrogens with zero attached hydrogens (tertiary/aromatic N) is 4. The lowest BCUT2D eigenvalue weighted by Crippen LogP contribution is -2.01. The Balaban J connectivity index is 1.25. The van der Waals surface area contributed by atoms with Gasteiger partial charge in [-0.15, -0.1) is 0 Å². The predicted molar refractivity (Wildman–Crippen MR) is 211 cm³/mol. The number of fused-ring (bicyclic) bond motifs is 5. The summed E-state index contributed by atoms with van der Waals surface area (Å²) in [5.41, 5.74) is 8.68. The van der Waals surface area contributed by atoms with Gasteiger partial charge < -0.3 is 4.57 Å². The maximum Gasteiger partial charge on any atom is 0.164 e. The topological polar surface area (TPSA) is 43.6 Å². The van der Waals surface area contributed by atoms with Crippen LogP contribution in [0.2, 0.25) is 0 Å². The van der Waals surface area contributed by atoms with E-state index >= 15 is 0 Å². The van der Waals surface area contributed by atoms with Gasteiger partial charge in [0.2, 0.25) is 0 Å². The van der Waals surface area contributed by atoms with Crippen molar-refractivity contribution >= 4 is 43.4 Å². The van der Waals surface area contributed by atoms with Gasteiger partial charge in [-0.3, -0.25) is 0 Å². The van der Waals surface area contributed by atoms with E-state index in [0.29, 0.717) is 17.5 Å². The minimum Gasteiger partial charge on any atom is -0.309 e. The molecular formula is C47H30N4. The van der Waals surface area contributed by atoms with Gasteiger partial charge in [-0.25, -0.2) is 15.0 Å². The molecule has 0 saturated heterocycles. The first-order valence-corrected chi connectivity index (χ1v) is 17.2. The first-order valence-electron chi connectivity index (χ1n) is 17.2. The van der Waals surface area contributed by atoms with Crippen LogP contribution in [0.15, 0.2) is 182 Å². The Labute approximate surface area is 295 Å². The van der Waals surface area contributed by atoms with Gasteiger partial charge in [-0.2, -0.15) is 0 Å². The maximum absolute atomic E-state index is 5.09. The summed E-state index contributed by atoms with van der Waals surface area (Å²) in [5.74, 6) is 1.94. The van der Waals surface area contributed by atoms with Crippen LogP contribution in [-0.2, 0) is 0 Å². The first-order chi connectivity index (χ1) is 25.3. The van der Waals surface area contributed by atoms with Gasteiger partial charge in [0.05, 0.1) is 16.7 Å². The van der Waals surface area contributed by atoms with Crippen molar-refractivity contribution in [1.29, 1.82) is 0 Å². The summed E-state index contributed by atoms with van der Waals surface area (Å²) in [6.07, 6.45) is 0. The van der Waals surface area contributed by atoms with Crippen LogP contribution in [0.25, 0.3) is 94.3 Å². The van der Waals surface area contributed by atoms with E-state index in [0.717, 1.165) is 38.7 Å². The fourth-order valence-corrected chi connectivity index (χ4v) is 7.38. The lowest BCUT2D eigenvalue weighted by atomic mass is 10.0. The fourth-order valence-electron chi connectivity index (χ4n) is 7.38. The van der Waals surface area contributed by atoms with Crippen molar-refractivity contribution in [2.24, 2.45) is 0 Å². The van der Waals surface area contributed by atoms with Gasteiger partial charge >= 0.3 is 0 Å². The van der Waals surface area contributed by atoms with Crippen LogP contribution < -0.4 is 0 Å². The quantitative estimate of drug-likeness (QED) is 0.186. The van der Waals surface area contributed by atoms with E-state index in [1.54, 1.807) is 0 Å². The average molecular weight is 651 g/mol. The Bertz CT molecular complexity index is 2840. The molecule has 2 heterocycles. The highest BCUT2D eigenvalue weighted by Crippen LogP contribution is 2.40. The van der Waals surface area contributed by atoms with E-state index in [1.165, 1.54) is 38.2 Å². The third kappa shape index (κ3) is 4.96. The van der Waals surface area contributed by atoms with Crippen LogP contribution in [0.5, 0.6) is 0 Å². The second-order valence-corrected chi connectivity index (χ2v) is 12.9. The summed E-state index contributed by atoms with van der Waals surface area (Å²) in [6.45, 7) is 0. The molecule has 0 aliphatic carbocycles. The van der Waals surface area contributed by atoms with Gasteiger partial charge in [0.25, 0.3) is 0 Å². The van der Waals surface area contributed by atoms with Crippen molar-refractivity contribution < 1.29 is 0 Å². The monoisotopic (exact) mass is 650 g/mol. The zero-order valence-electron chi connectivity index (χ0n) is 27.6. The number of hydrogen-bond donors (Lipinski definition) is 0. The van der Waals surface area contributed by atoms with Crippen LogP contribution >= 0.6 is 0 Å². The fraction of sp³-hybridized carbons (Fsp3) is 0. The molecule has 4 heteroatoms. The van der Waals surface area contributed by atoms with E-state index in [1.807, 2.05) is 60.7 Å². The molecule has 0 aliphatic rings. The van der Waals surface area contributed by atoms with Gasteiger partial charge in [-0.05, 0) is 57.6 Å². The number of hydrogen-bond acceptors (Lipinski definition) is 3. The molecule has 0 atom stereocenters. The molecule has 0 aliphatic heterocycles. The molecular weight excluding hydrogens is 621 g/mol. The molecule has 10 aromatic rings. The Hall–Kier alpha value is -6.91. The zero-order chi connectivity index (χ0) is 33.7. The third-order valence-electron chi connectivity index (χ3n) is 9.82. The van der Waals surface area contributed by atoms with Gasteiger partial charge in [-0.1, -0.05) is 152 Å². The molecule has 0 unspecified atom stereocenters. The number of aromatic nitrogens is 4. The van der Waals surface area contributed by atoms with Crippen molar-refractivity contribution in [3.63, 3.8) is 0 Å². The minimum absolute atomic E-state index is 0.644. The Kier molecular flexibility index (Phi) is 6.78. The normalized spacial score (nSPS) is 11.5. The van der Waals surface area contributed by atoms with Gasteiger partial charge in [0.1, 0.15) is 0 Å². The summed E-state index contributed by atoms with van der Waals surface area (Å²) in [6, 6.07) is 64.1. The van der Waals surface area contributed by atoms with Crippen LogP contribution in [0.3, 0.4) is 0 Å². The second kappa shape index (κ2) is 11.9. The molecule has 0 bridgehead atoms. The summed E-state index contributed by atoms with van der Waals surface area (Å²) in [4.78, 5) is 15.1.